The Morgan fingerprint density at radius 1 is 1.10 bits per heavy atom. The van der Waals surface area contributed by atoms with Crippen molar-refractivity contribution >= 4 is 17.5 Å². The minimum absolute atomic E-state index is 0.203. The van der Waals surface area contributed by atoms with Crippen LogP contribution in [0, 0.1) is 5.92 Å². The molecule has 21 heavy (non-hydrogen) atoms. The largest absolute Gasteiger partial charge is 0.488 e. The van der Waals surface area contributed by atoms with Crippen molar-refractivity contribution in [2.45, 2.75) is 62.6 Å². The maximum Gasteiger partial charge on any atom is 0.166 e. The van der Waals surface area contributed by atoms with Crippen LogP contribution in [-0.4, -0.2) is 21.9 Å². The standard InChI is InChI=1S/C18H24O2S/c1-18(2,3)20-14-6-4-12(5-7-14)17(19)13-10-15-8-9-16(11-13)21-15/h4-7,13,15-16H,8-11H2,1-3H3. The van der Waals surface area contributed by atoms with Gasteiger partial charge >= 0.3 is 0 Å². The van der Waals surface area contributed by atoms with Crippen molar-refractivity contribution in [2.24, 2.45) is 5.92 Å². The molecule has 2 bridgehead atoms. The number of rotatable bonds is 3. The number of benzene rings is 1. The zero-order valence-electron chi connectivity index (χ0n) is 13.1. The fourth-order valence-corrected chi connectivity index (χ4v) is 5.12. The molecule has 2 heterocycles. The highest BCUT2D eigenvalue weighted by Crippen LogP contribution is 2.46. The lowest BCUT2D eigenvalue weighted by molar-refractivity contribution is 0.0907. The summed E-state index contributed by atoms with van der Waals surface area (Å²) in [4.78, 5) is 12.7. The van der Waals surface area contributed by atoms with Crippen molar-refractivity contribution in [1.82, 2.24) is 0 Å². The van der Waals surface area contributed by atoms with E-state index in [1.807, 2.05) is 45.0 Å². The quantitative estimate of drug-likeness (QED) is 0.756. The van der Waals surface area contributed by atoms with Crippen LogP contribution >= 0.6 is 11.8 Å². The van der Waals surface area contributed by atoms with Crippen LogP contribution in [0.1, 0.15) is 56.8 Å². The minimum atomic E-state index is -0.203. The van der Waals surface area contributed by atoms with Crippen molar-refractivity contribution in [1.29, 1.82) is 0 Å². The molecule has 2 nitrogen and oxygen atoms in total. The van der Waals surface area contributed by atoms with Crippen molar-refractivity contribution < 1.29 is 9.53 Å². The lowest BCUT2D eigenvalue weighted by atomic mass is 9.90. The van der Waals surface area contributed by atoms with Gasteiger partial charge in [-0.2, -0.15) is 11.8 Å². The summed E-state index contributed by atoms with van der Waals surface area (Å²) in [5.74, 6) is 1.39. The van der Waals surface area contributed by atoms with Gasteiger partial charge in [0.05, 0.1) is 0 Å². The number of hydrogen-bond donors (Lipinski definition) is 0. The lowest BCUT2D eigenvalue weighted by Crippen LogP contribution is -2.25. The molecule has 3 rings (SSSR count). The van der Waals surface area contributed by atoms with E-state index in [9.17, 15) is 4.79 Å². The van der Waals surface area contributed by atoms with Crippen LogP contribution in [-0.2, 0) is 0 Å². The Morgan fingerprint density at radius 3 is 2.19 bits per heavy atom. The van der Waals surface area contributed by atoms with Crippen molar-refractivity contribution in [3.63, 3.8) is 0 Å². The second kappa shape index (κ2) is 5.68. The number of fused-ring (bicyclic) bond motifs is 2. The summed E-state index contributed by atoms with van der Waals surface area (Å²) in [5.41, 5.74) is 0.637. The molecule has 0 radical (unpaired) electrons. The highest BCUT2D eigenvalue weighted by atomic mass is 32.2. The van der Waals surface area contributed by atoms with Gasteiger partial charge in [0.25, 0.3) is 0 Å². The predicted molar refractivity (Wildman–Crippen MR) is 88.3 cm³/mol. The molecule has 0 aromatic heterocycles. The minimum Gasteiger partial charge on any atom is -0.488 e. The lowest BCUT2D eigenvalue weighted by Gasteiger charge is -2.26. The average Bonchev–Trinajstić information content (AvgIpc) is 2.76. The Kier molecular flexibility index (Phi) is 4.04. The molecular formula is C18H24O2S. The molecule has 0 aliphatic carbocycles. The molecule has 1 aromatic carbocycles. The summed E-state index contributed by atoms with van der Waals surface area (Å²) in [5, 5.41) is 1.45. The molecule has 2 aliphatic rings. The maximum absolute atomic E-state index is 12.7. The highest BCUT2D eigenvalue weighted by molar-refractivity contribution is 8.00. The third-order valence-electron chi connectivity index (χ3n) is 4.22. The molecular weight excluding hydrogens is 280 g/mol. The molecule has 0 amide bonds. The van der Waals surface area contributed by atoms with Gasteiger partial charge in [-0.05, 0) is 70.7 Å². The highest BCUT2D eigenvalue weighted by Gasteiger charge is 2.37. The first-order valence-electron chi connectivity index (χ1n) is 7.89. The molecule has 2 fully saturated rings. The van der Waals surface area contributed by atoms with E-state index in [4.69, 9.17) is 4.74 Å². The summed E-state index contributed by atoms with van der Waals surface area (Å²) in [6.07, 6.45) is 4.75. The van der Waals surface area contributed by atoms with Crippen LogP contribution in [0.3, 0.4) is 0 Å². The topological polar surface area (TPSA) is 26.3 Å². The van der Waals surface area contributed by atoms with Crippen LogP contribution in [0.5, 0.6) is 5.75 Å². The number of thioether (sulfide) groups is 1. The Labute approximate surface area is 131 Å². The van der Waals surface area contributed by atoms with E-state index in [-0.39, 0.29) is 11.5 Å². The van der Waals surface area contributed by atoms with Crippen molar-refractivity contribution in [3.05, 3.63) is 29.8 Å². The number of carbonyl (C=O) groups excluding carboxylic acids is 1. The number of Topliss-reactive ketones (excluding diaryl/α,β-unsaturated/α-hetero) is 1. The average molecular weight is 304 g/mol. The van der Waals surface area contributed by atoms with Crippen LogP contribution in [0.2, 0.25) is 0 Å². The molecule has 2 aliphatic heterocycles. The molecule has 3 heteroatoms. The van der Waals surface area contributed by atoms with Gasteiger partial charge in [-0.15, -0.1) is 0 Å². The van der Waals surface area contributed by atoms with E-state index in [0.29, 0.717) is 5.78 Å². The van der Waals surface area contributed by atoms with E-state index < -0.39 is 0 Å². The monoisotopic (exact) mass is 304 g/mol. The summed E-state index contributed by atoms with van der Waals surface area (Å²) in [7, 11) is 0. The first kappa shape index (κ1) is 15.0. The van der Waals surface area contributed by atoms with Crippen molar-refractivity contribution in [3.8, 4) is 5.75 Å². The van der Waals surface area contributed by atoms with E-state index >= 15 is 0 Å². The summed E-state index contributed by atoms with van der Waals surface area (Å²) in [6.45, 7) is 6.09. The Hall–Kier alpha value is -0.960. The summed E-state index contributed by atoms with van der Waals surface area (Å²) >= 11 is 2.11. The van der Waals surface area contributed by atoms with E-state index in [1.54, 1.807) is 0 Å². The van der Waals surface area contributed by atoms with Gasteiger partial charge in [0.2, 0.25) is 0 Å². The zero-order valence-corrected chi connectivity index (χ0v) is 13.9. The van der Waals surface area contributed by atoms with Gasteiger partial charge in [-0.3, -0.25) is 4.79 Å². The van der Waals surface area contributed by atoms with Crippen molar-refractivity contribution in [2.75, 3.05) is 0 Å². The van der Waals surface area contributed by atoms with Gasteiger partial charge < -0.3 is 4.74 Å². The van der Waals surface area contributed by atoms with Crippen LogP contribution in [0.4, 0.5) is 0 Å². The SMILES string of the molecule is CC(C)(C)Oc1ccc(C(=O)C2CC3CCC(C2)S3)cc1. The predicted octanol–water partition coefficient (Wildman–Crippen LogP) is 4.72. The van der Waals surface area contributed by atoms with Gasteiger partial charge in [0.1, 0.15) is 11.4 Å². The summed E-state index contributed by atoms with van der Waals surface area (Å²) < 4.78 is 5.81. The van der Waals surface area contributed by atoms with Gasteiger partial charge in [0.15, 0.2) is 5.78 Å². The number of hydrogen-bond acceptors (Lipinski definition) is 3. The Bertz CT molecular complexity index is 503. The third kappa shape index (κ3) is 3.63. The fraction of sp³-hybridized carbons (Fsp3) is 0.611. The van der Waals surface area contributed by atoms with Crippen LogP contribution in [0.15, 0.2) is 24.3 Å². The van der Waals surface area contributed by atoms with Gasteiger partial charge in [0, 0.05) is 22.0 Å². The Balaban J connectivity index is 1.67. The van der Waals surface area contributed by atoms with E-state index in [2.05, 4.69) is 11.8 Å². The molecule has 0 spiro atoms. The molecule has 0 N–H and O–H groups in total. The number of ketones is 1. The molecule has 2 atom stereocenters. The van der Waals surface area contributed by atoms with Gasteiger partial charge in [-0.25, -0.2) is 0 Å². The smallest absolute Gasteiger partial charge is 0.166 e. The maximum atomic E-state index is 12.7. The molecule has 0 saturated carbocycles. The molecule has 2 unspecified atom stereocenters. The first-order valence-corrected chi connectivity index (χ1v) is 8.84. The second-order valence-electron chi connectivity index (χ2n) is 7.23. The first-order chi connectivity index (χ1) is 9.90. The number of ether oxygens (including phenoxy) is 1. The second-order valence-corrected chi connectivity index (χ2v) is 8.83. The molecule has 1 aromatic rings. The van der Waals surface area contributed by atoms with E-state index in [0.717, 1.165) is 34.7 Å². The summed E-state index contributed by atoms with van der Waals surface area (Å²) in [6, 6.07) is 7.69. The molecule has 2 saturated heterocycles. The van der Waals surface area contributed by atoms with Gasteiger partial charge in [-0.1, -0.05) is 0 Å². The van der Waals surface area contributed by atoms with Crippen LogP contribution in [0.25, 0.3) is 0 Å². The molecule has 114 valence electrons. The fourth-order valence-electron chi connectivity index (χ4n) is 3.35. The van der Waals surface area contributed by atoms with Crippen LogP contribution < -0.4 is 4.74 Å². The third-order valence-corrected chi connectivity index (χ3v) is 5.85. The Morgan fingerprint density at radius 2 is 1.67 bits per heavy atom. The normalized spacial score (nSPS) is 28.4. The zero-order chi connectivity index (χ0) is 15.0. The number of carbonyl (C=O) groups is 1. The van der Waals surface area contributed by atoms with E-state index in [1.165, 1.54) is 12.8 Å².